The average molecular weight is 290 g/mol. The summed E-state index contributed by atoms with van der Waals surface area (Å²) < 4.78 is 5.36. The number of para-hydroxylation sites is 1. The molecule has 0 bridgehead atoms. The van der Waals surface area contributed by atoms with Crippen molar-refractivity contribution in [1.29, 1.82) is 0 Å². The van der Waals surface area contributed by atoms with E-state index in [1.165, 1.54) is 11.3 Å². The van der Waals surface area contributed by atoms with Crippen LogP contribution in [0.2, 0.25) is 0 Å². The highest BCUT2D eigenvalue weighted by atomic mass is 32.1. The fourth-order valence-corrected chi connectivity index (χ4v) is 2.85. The molecule has 1 aromatic heterocycles. The highest BCUT2D eigenvalue weighted by molar-refractivity contribution is 7.11. The number of aromatic nitrogens is 1. The first-order valence-electron chi connectivity index (χ1n) is 6.36. The molecule has 0 saturated carbocycles. The minimum absolute atomic E-state index is 0.0107. The van der Waals surface area contributed by atoms with Gasteiger partial charge in [0.1, 0.15) is 10.6 Å². The van der Waals surface area contributed by atoms with Crippen molar-refractivity contribution in [3.63, 3.8) is 0 Å². The van der Waals surface area contributed by atoms with Gasteiger partial charge in [-0.1, -0.05) is 18.2 Å². The van der Waals surface area contributed by atoms with E-state index in [-0.39, 0.29) is 11.9 Å². The Labute approximate surface area is 123 Å². The zero-order chi connectivity index (χ0) is 14.7. The van der Waals surface area contributed by atoms with E-state index >= 15 is 0 Å². The van der Waals surface area contributed by atoms with Crippen LogP contribution in [-0.4, -0.2) is 29.9 Å². The number of benzene rings is 1. The molecule has 1 aromatic carbocycles. The van der Waals surface area contributed by atoms with Gasteiger partial charge in [-0.2, -0.15) is 0 Å². The van der Waals surface area contributed by atoms with Crippen molar-refractivity contribution in [2.75, 3.05) is 14.2 Å². The second-order valence-electron chi connectivity index (χ2n) is 4.60. The average Bonchev–Trinajstić information content (AvgIpc) is 2.91. The minimum atomic E-state index is -0.0693. The third-order valence-electron chi connectivity index (χ3n) is 3.43. The maximum absolute atomic E-state index is 12.5. The Morgan fingerprint density at radius 2 is 2.10 bits per heavy atom. The van der Waals surface area contributed by atoms with E-state index in [1.54, 1.807) is 24.6 Å². The quantitative estimate of drug-likeness (QED) is 0.867. The number of hydrogen-bond acceptors (Lipinski definition) is 4. The normalized spacial score (nSPS) is 12.0. The van der Waals surface area contributed by atoms with Gasteiger partial charge in [0.25, 0.3) is 5.91 Å². The zero-order valence-corrected chi connectivity index (χ0v) is 12.9. The van der Waals surface area contributed by atoms with Crippen molar-refractivity contribution >= 4 is 17.2 Å². The van der Waals surface area contributed by atoms with Crippen molar-refractivity contribution in [3.05, 3.63) is 45.9 Å². The third-order valence-corrected chi connectivity index (χ3v) is 4.35. The minimum Gasteiger partial charge on any atom is -0.496 e. The van der Waals surface area contributed by atoms with Gasteiger partial charge in [-0.15, -0.1) is 11.3 Å². The molecule has 0 aliphatic heterocycles. The molecular formula is C15H18N2O2S. The van der Waals surface area contributed by atoms with Crippen LogP contribution in [0.25, 0.3) is 0 Å². The number of nitrogens with zero attached hydrogens (tertiary/aromatic N) is 2. The van der Waals surface area contributed by atoms with Crippen molar-refractivity contribution < 1.29 is 9.53 Å². The summed E-state index contributed by atoms with van der Waals surface area (Å²) in [5.41, 5.74) is 3.47. The molecule has 106 valence electrons. The van der Waals surface area contributed by atoms with Gasteiger partial charge in [0.15, 0.2) is 0 Å². The van der Waals surface area contributed by atoms with E-state index in [9.17, 15) is 4.79 Å². The molecule has 0 saturated heterocycles. The Balaban J connectivity index is 2.27. The molecule has 20 heavy (non-hydrogen) atoms. The number of ether oxygens (including phenoxy) is 1. The van der Waals surface area contributed by atoms with Crippen molar-refractivity contribution in [2.24, 2.45) is 0 Å². The molecule has 1 heterocycles. The number of amides is 1. The second-order valence-corrected chi connectivity index (χ2v) is 5.46. The van der Waals surface area contributed by atoms with Crippen LogP contribution in [0.1, 0.15) is 33.9 Å². The molecule has 2 rings (SSSR count). The predicted octanol–water partition coefficient (Wildman–Crippen LogP) is 3.29. The first-order valence-corrected chi connectivity index (χ1v) is 7.24. The van der Waals surface area contributed by atoms with Gasteiger partial charge in [-0.25, -0.2) is 4.98 Å². The molecular weight excluding hydrogens is 272 g/mol. The lowest BCUT2D eigenvalue weighted by Gasteiger charge is -2.26. The molecule has 0 aliphatic rings. The van der Waals surface area contributed by atoms with E-state index < -0.39 is 0 Å². The van der Waals surface area contributed by atoms with Crippen LogP contribution < -0.4 is 4.74 Å². The van der Waals surface area contributed by atoms with E-state index in [0.29, 0.717) is 4.88 Å². The summed E-state index contributed by atoms with van der Waals surface area (Å²) in [6.07, 6.45) is 0. The van der Waals surface area contributed by atoms with Crippen molar-refractivity contribution in [3.8, 4) is 5.75 Å². The van der Waals surface area contributed by atoms with Crippen molar-refractivity contribution in [2.45, 2.75) is 19.9 Å². The van der Waals surface area contributed by atoms with Crippen LogP contribution in [0.5, 0.6) is 5.75 Å². The summed E-state index contributed by atoms with van der Waals surface area (Å²) in [6, 6.07) is 7.68. The van der Waals surface area contributed by atoms with E-state index in [4.69, 9.17) is 4.74 Å². The molecule has 0 aliphatic carbocycles. The van der Waals surface area contributed by atoms with Crippen LogP contribution in [0, 0.1) is 6.92 Å². The van der Waals surface area contributed by atoms with Crippen LogP contribution in [0.4, 0.5) is 0 Å². The number of aryl methyl sites for hydroxylation is 1. The monoisotopic (exact) mass is 290 g/mol. The molecule has 1 atom stereocenters. The van der Waals surface area contributed by atoms with E-state index in [1.807, 2.05) is 38.1 Å². The Morgan fingerprint density at radius 1 is 1.40 bits per heavy atom. The number of hydrogen-bond donors (Lipinski definition) is 0. The summed E-state index contributed by atoms with van der Waals surface area (Å²) in [4.78, 5) is 19.0. The first-order chi connectivity index (χ1) is 9.56. The zero-order valence-electron chi connectivity index (χ0n) is 12.1. The smallest absolute Gasteiger partial charge is 0.266 e. The van der Waals surface area contributed by atoms with E-state index in [2.05, 4.69) is 4.98 Å². The molecule has 0 radical (unpaired) electrons. The maximum Gasteiger partial charge on any atom is 0.266 e. The Morgan fingerprint density at radius 3 is 2.70 bits per heavy atom. The number of thiazole rings is 1. The Bertz CT molecular complexity index is 609. The summed E-state index contributed by atoms with van der Waals surface area (Å²) >= 11 is 1.37. The summed E-state index contributed by atoms with van der Waals surface area (Å²) in [5, 5.41) is 0. The number of carbonyl (C=O) groups excluding carboxylic acids is 1. The summed E-state index contributed by atoms with van der Waals surface area (Å²) in [7, 11) is 3.44. The summed E-state index contributed by atoms with van der Waals surface area (Å²) in [5.74, 6) is 0.782. The predicted molar refractivity (Wildman–Crippen MR) is 80.4 cm³/mol. The molecule has 1 amide bonds. The molecule has 5 heteroatoms. The molecule has 0 N–H and O–H groups in total. The lowest BCUT2D eigenvalue weighted by Crippen LogP contribution is -2.29. The van der Waals surface area contributed by atoms with Gasteiger partial charge >= 0.3 is 0 Å². The largest absolute Gasteiger partial charge is 0.496 e. The Hall–Kier alpha value is -1.88. The molecule has 2 aromatic rings. The molecule has 0 fully saturated rings. The van der Waals surface area contributed by atoms with Gasteiger partial charge in [0.2, 0.25) is 0 Å². The standard InChI is InChI=1S/C15H18N2O2S/c1-10-14(20-9-16-10)15(18)17(3)11(2)12-7-5-6-8-13(12)19-4/h5-9,11H,1-4H3. The maximum atomic E-state index is 12.5. The highest BCUT2D eigenvalue weighted by Gasteiger charge is 2.23. The fourth-order valence-electron chi connectivity index (χ4n) is 2.06. The molecule has 4 nitrogen and oxygen atoms in total. The molecule has 1 unspecified atom stereocenters. The topological polar surface area (TPSA) is 42.4 Å². The lowest BCUT2D eigenvalue weighted by atomic mass is 10.1. The van der Waals surface area contributed by atoms with Gasteiger partial charge in [0.05, 0.1) is 24.4 Å². The number of carbonyl (C=O) groups is 1. The highest BCUT2D eigenvalue weighted by Crippen LogP contribution is 2.29. The summed E-state index contributed by atoms with van der Waals surface area (Å²) in [6.45, 7) is 3.84. The number of methoxy groups -OCH3 is 1. The second kappa shape index (κ2) is 6.05. The van der Waals surface area contributed by atoms with Crippen LogP contribution in [-0.2, 0) is 0 Å². The third kappa shape index (κ3) is 2.67. The van der Waals surface area contributed by atoms with Gasteiger partial charge in [-0.3, -0.25) is 4.79 Å². The lowest BCUT2D eigenvalue weighted by molar-refractivity contribution is 0.0745. The SMILES string of the molecule is COc1ccccc1C(C)N(C)C(=O)c1scnc1C. The van der Waals surface area contributed by atoms with Crippen molar-refractivity contribution in [1.82, 2.24) is 9.88 Å². The van der Waals surface area contributed by atoms with Gasteiger partial charge in [-0.05, 0) is 19.9 Å². The van der Waals surface area contributed by atoms with Crippen LogP contribution >= 0.6 is 11.3 Å². The first kappa shape index (κ1) is 14.5. The van der Waals surface area contributed by atoms with Crippen LogP contribution in [0.15, 0.2) is 29.8 Å². The molecule has 0 spiro atoms. The van der Waals surface area contributed by atoms with E-state index in [0.717, 1.165) is 17.0 Å². The van der Waals surface area contributed by atoms with Crippen LogP contribution in [0.3, 0.4) is 0 Å². The number of rotatable bonds is 4. The Kier molecular flexibility index (Phi) is 4.39. The fraction of sp³-hybridized carbons (Fsp3) is 0.333. The van der Waals surface area contributed by atoms with Gasteiger partial charge in [0, 0.05) is 12.6 Å². The van der Waals surface area contributed by atoms with Gasteiger partial charge < -0.3 is 9.64 Å².